The van der Waals surface area contributed by atoms with E-state index in [4.69, 9.17) is 4.74 Å². The smallest absolute Gasteiger partial charge is 0.107 e. The van der Waals surface area contributed by atoms with Crippen LogP contribution >= 0.6 is 11.3 Å². The van der Waals surface area contributed by atoms with E-state index in [9.17, 15) is 0 Å². The molecule has 0 spiro atoms. The molecule has 0 amide bonds. The van der Waals surface area contributed by atoms with Crippen LogP contribution in [0.5, 0.6) is 0 Å². The number of rotatable bonds is 4. The molecule has 3 nitrogen and oxygen atoms in total. The van der Waals surface area contributed by atoms with Gasteiger partial charge in [0, 0.05) is 24.2 Å². The molecular formula is C13H22N2OS. The average Bonchev–Trinajstić information content (AvgIpc) is 2.77. The summed E-state index contributed by atoms with van der Waals surface area (Å²) in [5.41, 5.74) is 0.0270. The minimum atomic E-state index is 0.0270. The molecule has 1 aliphatic heterocycles. The maximum absolute atomic E-state index is 5.79. The molecule has 4 heteroatoms. The highest BCUT2D eigenvalue weighted by molar-refractivity contribution is 7.09. The van der Waals surface area contributed by atoms with Crippen LogP contribution in [0.3, 0.4) is 0 Å². The third kappa shape index (κ3) is 3.50. The molecular weight excluding hydrogens is 232 g/mol. The van der Waals surface area contributed by atoms with E-state index >= 15 is 0 Å². The zero-order valence-electron chi connectivity index (χ0n) is 11.0. The number of nitrogens with zero attached hydrogens (tertiary/aromatic N) is 2. The second-order valence-electron chi connectivity index (χ2n) is 5.24. The number of thiazole rings is 1. The van der Waals surface area contributed by atoms with Crippen molar-refractivity contribution in [1.29, 1.82) is 0 Å². The molecule has 0 aromatic carbocycles. The van der Waals surface area contributed by atoms with Crippen molar-refractivity contribution in [1.82, 2.24) is 9.88 Å². The van der Waals surface area contributed by atoms with Crippen LogP contribution in [-0.4, -0.2) is 34.7 Å². The Morgan fingerprint density at radius 1 is 1.59 bits per heavy atom. The quantitative estimate of drug-likeness (QED) is 0.826. The SMILES string of the molecule is CCN(Cc1nccs1)C1CCOC(C)(C)C1. The molecule has 0 bridgehead atoms. The Morgan fingerprint density at radius 2 is 2.41 bits per heavy atom. The first-order valence-corrected chi connectivity index (χ1v) is 7.25. The lowest BCUT2D eigenvalue weighted by Gasteiger charge is -2.40. The van der Waals surface area contributed by atoms with Crippen molar-refractivity contribution in [2.75, 3.05) is 13.2 Å². The topological polar surface area (TPSA) is 25.4 Å². The fraction of sp³-hybridized carbons (Fsp3) is 0.769. The van der Waals surface area contributed by atoms with Crippen LogP contribution in [0, 0.1) is 0 Å². The Bertz CT molecular complexity index is 337. The molecule has 2 rings (SSSR count). The Morgan fingerprint density at radius 3 is 3.00 bits per heavy atom. The number of hydrogen-bond acceptors (Lipinski definition) is 4. The van der Waals surface area contributed by atoms with Gasteiger partial charge in [0.1, 0.15) is 5.01 Å². The molecule has 0 saturated carbocycles. The van der Waals surface area contributed by atoms with Gasteiger partial charge in [-0.2, -0.15) is 0 Å². The lowest BCUT2D eigenvalue weighted by Crippen LogP contribution is -2.45. The van der Waals surface area contributed by atoms with Crippen LogP contribution in [0.4, 0.5) is 0 Å². The predicted octanol–water partition coefficient (Wildman–Crippen LogP) is 2.92. The zero-order valence-corrected chi connectivity index (χ0v) is 11.8. The Kier molecular flexibility index (Phi) is 4.17. The first kappa shape index (κ1) is 13.0. The highest BCUT2D eigenvalue weighted by atomic mass is 32.1. The molecule has 0 aliphatic carbocycles. The van der Waals surface area contributed by atoms with E-state index in [0.717, 1.165) is 32.5 Å². The van der Waals surface area contributed by atoms with E-state index < -0.39 is 0 Å². The highest BCUT2D eigenvalue weighted by Crippen LogP contribution is 2.28. The maximum atomic E-state index is 5.79. The number of hydrogen-bond donors (Lipinski definition) is 0. The molecule has 2 heterocycles. The van der Waals surface area contributed by atoms with Crippen LogP contribution in [0.25, 0.3) is 0 Å². The van der Waals surface area contributed by atoms with Gasteiger partial charge in [-0.25, -0.2) is 4.98 Å². The molecule has 96 valence electrons. The Balaban J connectivity index is 1.98. The van der Waals surface area contributed by atoms with Gasteiger partial charge in [-0.3, -0.25) is 4.90 Å². The van der Waals surface area contributed by atoms with E-state index in [0.29, 0.717) is 6.04 Å². The molecule has 1 unspecified atom stereocenters. The summed E-state index contributed by atoms with van der Waals surface area (Å²) in [5.74, 6) is 0. The second-order valence-corrected chi connectivity index (χ2v) is 6.22. The minimum absolute atomic E-state index is 0.0270. The van der Waals surface area contributed by atoms with Gasteiger partial charge in [0.2, 0.25) is 0 Å². The molecule has 17 heavy (non-hydrogen) atoms. The molecule has 1 aliphatic rings. The average molecular weight is 254 g/mol. The van der Waals surface area contributed by atoms with Gasteiger partial charge in [0.25, 0.3) is 0 Å². The third-order valence-electron chi connectivity index (χ3n) is 3.42. The molecule has 0 N–H and O–H groups in total. The van der Waals surface area contributed by atoms with Crippen LogP contribution in [0.1, 0.15) is 38.6 Å². The van der Waals surface area contributed by atoms with E-state index in [1.165, 1.54) is 5.01 Å². The Labute approximate surface area is 108 Å². The summed E-state index contributed by atoms with van der Waals surface area (Å²) in [6, 6.07) is 0.632. The van der Waals surface area contributed by atoms with E-state index in [1.807, 2.05) is 6.20 Å². The van der Waals surface area contributed by atoms with Gasteiger partial charge in [0.15, 0.2) is 0 Å². The summed E-state index contributed by atoms with van der Waals surface area (Å²) in [7, 11) is 0. The van der Waals surface area contributed by atoms with Gasteiger partial charge in [-0.15, -0.1) is 11.3 Å². The fourth-order valence-corrected chi connectivity index (χ4v) is 3.16. The summed E-state index contributed by atoms with van der Waals surface area (Å²) >= 11 is 1.75. The van der Waals surface area contributed by atoms with Gasteiger partial charge in [0.05, 0.1) is 12.1 Å². The van der Waals surface area contributed by atoms with Crippen molar-refractivity contribution < 1.29 is 4.74 Å². The molecule has 1 saturated heterocycles. The van der Waals surface area contributed by atoms with E-state index in [-0.39, 0.29) is 5.60 Å². The summed E-state index contributed by atoms with van der Waals surface area (Å²) in [6.45, 7) is 9.56. The minimum Gasteiger partial charge on any atom is -0.375 e. The highest BCUT2D eigenvalue weighted by Gasteiger charge is 2.31. The first-order chi connectivity index (χ1) is 8.11. The summed E-state index contributed by atoms with van der Waals surface area (Å²) in [5, 5.41) is 3.27. The van der Waals surface area contributed by atoms with Crippen LogP contribution in [0.2, 0.25) is 0 Å². The maximum Gasteiger partial charge on any atom is 0.107 e. The van der Waals surface area contributed by atoms with Crippen LogP contribution < -0.4 is 0 Å². The second kappa shape index (κ2) is 5.46. The molecule has 1 aromatic rings. The zero-order chi connectivity index (χ0) is 12.3. The molecule has 1 atom stereocenters. The van der Waals surface area contributed by atoms with Crippen LogP contribution in [0.15, 0.2) is 11.6 Å². The van der Waals surface area contributed by atoms with Crippen molar-refractivity contribution in [2.45, 2.75) is 51.8 Å². The third-order valence-corrected chi connectivity index (χ3v) is 4.18. The van der Waals surface area contributed by atoms with Crippen molar-refractivity contribution in [3.05, 3.63) is 16.6 Å². The van der Waals surface area contributed by atoms with E-state index in [2.05, 4.69) is 36.0 Å². The van der Waals surface area contributed by atoms with Crippen molar-refractivity contribution >= 4 is 11.3 Å². The summed E-state index contributed by atoms with van der Waals surface area (Å²) < 4.78 is 5.79. The van der Waals surface area contributed by atoms with Crippen molar-refractivity contribution in [3.63, 3.8) is 0 Å². The normalized spacial score (nSPS) is 24.1. The van der Waals surface area contributed by atoms with Crippen molar-refractivity contribution in [2.24, 2.45) is 0 Å². The molecule has 0 radical (unpaired) electrons. The molecule has 1 aromatic heterocycles. The number of ether oxygens (including phenoxy) is 1. The van der Waals surface area contributed by atoms with Crippen molar-refractivity contribution in [3.8, 4) is 0 Å². The Hall–Kier alpha value is -0.450. The fourth-order valence-electron chi connectivity index (χ4n) is 2.52. The lowest BCUT2D eigenvalue weighted by molar-refractivity contribution is -0.0838. The van der Waals surface area contributed by atoms with Gasteiger partial charge < -0.3 is 4.74 Å². The van der Waals surface area contributed by atoms with Gasteiger partial charge in [-0.1, -0.05) is 6.92 Å². The largest absolute Gasteiger partial charge is 0.375 e. The lowest BCUT2D eigenvalue weighted by atomic mass is 9.93. The van der Waals surface area contributed by atoms with E-state index in [1.54, 1.807) is 11.3 Å². The standard InChI is InChI=1S/C13H22N2OS/c1-4-15(10-12-14-6-8-17-12)11-5-7-16-13(2,3)9-11/h6,8,11H,4-5,7,9-10H2,1-3H3. The first-order valence-electron chi connectivity index (χ1n) is 6.37. The van der Waals surface area contributed by atoms with Gasteiger partial charge in [-0.05, 0) is 33.2 Å². The number of aromatic nitrogens is 1. The molecule has 1 fully saturated rings. The predicted molar refractivity (Wildman–Crippen MR) is 71.3 cm³/mol. The van der Waals surface area contributed by atoms with Gasteiger partial charge >= 0.3 is 0 Å². The summed E-state index contributed by atoms with van der Waals surface area (Å²) in [6.07, 6.45) is 4.15. The summed E-state index contributed by atoms with van der Waals surface area (Å²) in [4.78, 5) is 6.91. The monoisotopic (exact) mass is 254 g/mol. The van der Waals surface area contributed by atoms with Crippen LogP contribution in [-0.2, 0) is 11.3 Å².